The number of hydrogen-bond donors (Lipinski definition) is 3. The third-order valence-corrected chi connectivity index (χ3v) is 3.44. The summed E-state index contributed by atoms with van der Waals surface area (Å²) in [5.74, 6) is -2.07. The molecule has 2 heterocycles. The molecular formula is C11H16F3N5O2. The molecule has 0 aromatic carbocycles. The second-order valence-corrected chi connectivity index (χ2v) is 4.92. The monoisotopic (exact) mass is 307 g/mol. The van der Waals surface area contributed by atoms with E-state index in [0.29, 0.717) is 25.9 Å². The summed E-state index contributed by atoms with van der Waals surface area (Å²) in [7, 11) is 1.48. The van der Waals surface area contributed by atoms with E-state index < -0.39 is 23.3 Å². The fourth-order valence-electron chi connectivity index (χ4n) is 2.30. The standard InChI is InChI=1S/C11H16F3N5O2/c1-21-6-10(2-4-15-5-3-10)8(20)17-9-16-7(18-19-9)11(12,13)14/h15H,2-6H2,1H3,(H2,16,17,18,19,20). The summed E-state index contributed by atoms with van der Waals surface area (Å²) in [5.41, 5.74) is -0.779. The van der Waals surface area contributed by atoms with Crippen LogP contribution in [-0.2, 0) is 15.7 Å². The summed E-state index contributed by atoms with van der Waals surface area (Å²) in [6.07, 6.45) is -3.57. The lowest BCUT2D eigenvalue weighted by molar-refractivity contribution is -0.144. The Morgan fingerprint density at radius 2 is 2.10 bits per heavy atom. The molecule has 0 saturated carbocycles. The van der Waals surface area contributed by atoms with Crippen molar-refractivity contribution in [2.75, 3.05) is 32.1 Å². The third kappa shape index (κ3) is 3.50. The zero-order chi connectivity index (χ0) is 15.5. The Balaban J connectivity index is 2.10. The highest BCUT2D eigenvalue weighted by Crippen LogP contribution is 2.31. The molecule has 0 bridgehead atoms. The van der Waals surface area contributed by atoms with Gasteiger partial charge < -0.3 is 10.1 Å². The van der Waals surface area contributed by atoms with Crippen molar-refractivity contribution in [1.29, 1.82) is 0 Å². The molecule has 1 amide bonds. The number of nitrogens with zero attached hydrogens (tertiary/aromatic N) is 2. The van der Waals surface area contributed by atoms with Crippen LogP contribution < -0.4 is 10.6 Å². The SMILES string of the molecule is COCC1(C(=O)Nc2n[nH]c(C(F)(F)F)n2)CCNCC1. The van der Waals surface area contributed by atoms with E-state index in [0.717, 1.165) is 0 Å². The van der Waals surface area contributed by atoms with Gasteiger partial charge in [0, 0.05) is 7.11 Å². The molecule has 21 heavy (non-hydrogen) atoms. The van der Waals surface area contributed by atoms with Crippen LogP contribution in [0.3, 0.4) is 0 Å². The van der Waals surface area contributed by atoms with Crippen molar-refractivity contribution in [2.45, 2.75) is 19.0 Å². The number of methoxy groups -OCH3 is 1. The van der Waals surface area contributed by atoms with Crippen molar-refractivity contribution >= 4 is 11.9 Å². The quantitative estimate of drug-likeness (QED) is 0.764. The lowest BCUT2D eigenvalue weighted by atomic mass is 9.79. The van der Waals surface area contributed by atoms with E-state index in [-0.39, 0.29) is 12.6 Å². The van der Waals surface area contributed by atoms with E-state index in [9.17, 15) is 18.0 Å². The predicted octanol–water partition coefficient (Wildman–Crippen LogP) is 0.778. The summed E-state index contributed by atoms with van der Waals surface area (Å²) in [5, 5.41) is 10.6. The van der Waals surface area contributed by atoms with Crippen LogP contribution in [0.5, 0.6) is 0 Å². The van der Waals surface area contributed by atoms with Gasteiger partial charge in [0.2, 0.25) is 17.7 Å². The van der Waals surface area contributed by atoms with Gasteiger partial charge in [-0.05, 0) is 25.9 Å². The highest BCUT2D eigenvalue weighted by molar-refractivity contribution is 5.94. The molecule has 0 atom stereocenters. The maximum absolute atomic E-state index is 12.4. The second-order valence-electron chi connectivity index (χ2n) is 4.92. The van der Waals surface area contributed by atoms with Gasteiger partial charge in [0.15, 0.2) is 0 Å². The first-order chi connectivity index (χ1) is 9.87. The van der Waals surface area contributed by atoms with Crippen molar-refractivity contribution in [3.05, 3.63) is 5.82 Å². The molecule has 0 unspecified atom stereocenters. The number of halogens is 3. The van der Waals surface area contributed by atoms with Crippen LogP contribution in [0.1, 0.15) is 18.7 Å². The molecule has 7 nitrogen and oxygen atoms in total. The van der Waals surface area contributed by atoms with Crippen molar-refractivity contribution in [3.8, 4) is 0 Å². The largest absolute Gasteiger partial charge is 0.451 e. The van der Waals surface area contributed by atoms with Gasteiger partial charge in [-0.1, -0.05) is 0 Å². The molecule has 1 fully saturated rings. The number of H-pyrrole nitrogens is 1. The maximum atomic E-state index is 12.4. The number of anilines is 1. The number of piperidine rings is 1. The maximum Gasteiger partial charge on any atom is 0.451 e. The lowest BCUT2D eigenvalue weighted by Gasteiger charge is -2.35. The smallest absolute Gasteiger partial charge is 0.384 e. The van der Waals surface area contributed by atoms with Crippen molar-refractivity contribution in [3.63, 3.8) is 0 Å². The molecule has 10 heteroatoms. The number of amides is 1. The van der Waals surface area contributed by atoms with E-state index in [1.165, 1.54) is 7.11 Å². The third-order valence-electron chi connectivity index (χ3n) is 3.44. The first-order valence-corrected chi connectivity index (χ1v) is 6.38. The Hall–Kier alpha value is -1.68. The molecule has 2 rings (SSSR count). The number of carbonyl (C=O) groups excluding carboxylic acids is 1. The van der Waals surface area contributed by atoms with Crippen molar-refractivity contribution in [1.82, 2.24) is 20.5 Å². The number of carbonyl (C=O) groups is 1. The average Bonchev–Trinajstić information content (AvgIpc) is 2.88. The summed E-state index contributed by atoms with van der Waals surface area (Å²) in [4.78, 5) is 15.6. The first kappa shape index (κ1) is 15.7. The molecule has 1 saturated heterocycles. The van der Waals surface area contributed by atoms with Crippen LogP contribution in [0.2, 0.25) is 0 Å². The van der Waals surface area contributed by atoms with Gasteiger partial charge >= 0.3 is 6.18 Å². The van der Waals surface area contributed by atoms with Gasteiger partial charge in [0.1, 0.15) is 0 Å². The van der Waals surface area contributed by atoms with E-state index in [2.05, 4.69) is 20.7 Å². The number of aromatic nitrogens is 3. The van der Waals surface area contributed by atoms with Crippen LogP contribution in [-0.4, -0.2) is 47.9 Å². The molecule has 118 valence electrons. The number of rotatable bonds is 4. The molecule has 1 aliphatic heterocycles. The van der Waals surface area contributed by atoms with Gasteiger partial charge in [-0.3, -0.25) is 15.2 Å². The Bertz CT molecular complexity index is 491. The van der Waals surface area contributed by atoms with Crippen LogP contribution in [0.15, 0.2) is 0 Å². The van der Waals surface area contributed by atoms with Gasteiger partial charge in [-0.25, -0.2) is 0 Å². The molecule has 0 spiro atoms. The Morgan fingerprint density at radius 1 is 1.43 bits per heavy atom. The summed E-state index contributed by atoms with van der Waals surface area (Å²) >= 11 is 0. The molecule has 1 aliphatic rings. The summed E-state index contributed by atoms with van der Waals surface area (Å²) in [6, 6.07) is 0. The van der Waals surface area contributed by atoms with Crippen molar-refractivity contribution < 1.29 is 22.7 Å². The zero-order valence-corrected chi connectivity index (χ0v) is 11.4. The van der Waals surface area contributed by atoms with Crippen LogP contribution in [0, 0.1) is 5.41 Å². The van der Waals surface area contributed by atoms with Crippen molar-refractivity contribution in [2.24, 2.45) is 5.41 Å². The molecule has 0 radical (unpaired) electrons. The molecular weight excluding hydrogens is 291 g/mol. The van der Waals surface area contributed by atoms with Gasteiger partial charge in [0.25, 0.3) is 0 Å². The first-order valence-electron chi connectivity index (χ1n) is 6.38. The van der Waals surface area contributed by atoms with E-state index >= 15 is 0 Å². The summed E-state index contributed by atoms with van der Waals surface area (Å²) in [6.45, 7) is 1.47. The van der Waals surface area contributed by atoms with Gasteiger partial charge in [-0.2, -0.15) is 18.2 Å². The highest BCUT2D eigenvalue weighted by Gasteiger charge is 2.41. The van der Waals surface area contributed by atoms with Gasteiger partial charge in [0.05, 0.1) is 12.0 Å². The zero-order valence-electron chi connectivity index (χ0n) is 11.4. The van der Waals surface area contributed by atoms with Crippen LogP contribution >= 0.6 is 0 Å². The second kappa shape index (κ2) is 5.98. The minimum absolute atomic E-state index is 0.192. The highest BCUT2D eigenvalue weighted by atomic mass is 19.4. The van der Waals surface area contributed by atoms with Crippen LogP contribution in [0.25, 0.3) is 0 Å². The minimum Gasteiger partial charge on any atom is -0.384 e. The van der Waals surface area contributed by atoms with Crippen LogP contribution in [0.4, 0.5) is 19.1 Å². The molecule has 1 aromatic heterocycles. The number of ether oxygens (including phenoxy) is 1. The Labute approximate surface area is 118 Å². The predicted molar refractivity (Wildman–Crippen MR) is 66.4 cm³/mol. The summed E-state index contributed by atoms with van der Waals surface area (Å²) < 4.78 is 42.3. The number of alkyl halides is 3. The fraction of sp³-hybridized carbons (Fsp3) is 0.727. The average molecular weight is 307 g/mol. The molecule has 0 aliphatic carbocycles. The Kier molecular flexibility index (Phi) is 4.47. The Morgan fingerprint density at radius 3 is 2.62 bits per heavy atom. The molecule has 1 aromatic rings. The number of aromatic amines is 1. The lowest BCUT2D eigenvalue weighted by Crippen LogP contribution is -2.47. The number of nitrogens with one attached hydrogen (secondary N) is 3. The van der Waals surface area contributed by atoms with E-state index in [4.69, 9.17) is 4.74 Å². The van der Waals surface area contributed by atoms with E-state index in [1.807, 2.05) is 0 Å². The topological polar surface area (TPSA) is 91.9 Å². The minimum atomic E-state index is -4.63. The normalized spacial score (nSPS) is 18.5. The van der Waals surface area contributed by atoms with Gasteiger partial charge in [-0.15, -0.1) is 5.10 Å². The fourth-order valence-corrected chi connectivity index (χ4v) is 2.30. The van der Waals surface area contributed by atoms with E-state index in [1.54, 1.807) is 5.10 Å². The molecule has 3 N–H and O–H groups in total. The number of hydrogen-bond acceptors (Lipinski definition) is 5.